The Morgan fingerprint density at radius 3 is 2.40 bits per heavy atom. The fourth-order valence-electron chi connectivity index (χ4n) is 3.60. The Balaban J connectivity index is 1.44. The molecule has 0 amide bonds. The molecule has 1 heterocycles. The Morgan fingerprint density at radius 2 is 1.67 bits per heavy atom. The Labute approximate surface area is 175 Å². The molecule has 0 atom stereocenters. The minimum absolute atomic E-state index is 0.0194. The molecule has 4 rings (SSSR count). The second-order valence-electron chi connectivity index (χ2n) is 8.51. The van der Waals surface area contributed by atoms with E-state index >= 15 is 0 Å². The highest BCUT2D eigenvalue weighted by Crippen LogP contribution is 2.30. The maximum Gasteiger partial charge on any atom is 0.310 e. The number of rotatable bonds is 5. The third-order valence-corrected chi connectivity index (χ3v) is 5.31. The van der Waals surface area contributed by atoms with Crippen LogP contribution in [0.4, 0.5) is 0 Å². The average molecular weight is 400 g/mol. The molecular weight excluding hydrogens is 376 g/mol. The van der Waals surface area contributed by atoms with Gasteiger partial charge in [-0.1, -0.05) is 75.4 Å². The Bertz CT molecular complexity index is 1220. The van der Waals surface area contributed by atoms with Gasteiger partial charge in [0.25, 0.3) is 0 Å². The van der Waals surface area contributed by atoms with Crippen molar-refractivity contribution in [2.45, 2.75) is 32.6 Å². The lowest BCUT2D eigenvalue weighted by molar-refractivity contribution is -0.141. The van der Waals surface area contributed by atoms with E-state index in [1.807, 2.05) is 48.5 Å². The number of esters is 1. The average Bonchev–Trinajstić information content (AvgIpc) is 3.14. The molecule has 3 aromatic carbocycles. The summed E-state index contributed by atoms with van der Waals surface area (Å²) in [5, 5.41) is 3.02. The fraction of sp³-hybridized carbons (Fsp3) is 0.231. The number of benzene rings is 3. The first-order valence-electron chi connectivity index (χ1n) is 10.00. The summed E-state index contributed by atoms with van der Waals surface area (Å²) < 4.78 is 10.9. The lowest BCUT2D eigenvalue weighted by Crippen LogP contribution is -2.16. The molecule has 0 aliphatic carbocycles. The highest BCUT2D eigenvalue weighted by atomic mass is 16.5. The summed E-state index contributed by atoms with van der Waals surface area (Å²) in [6.45, 7) is 6.08. The number of carbonyl (C=O) groups excluding carboxylic acids is 2. The Hall–Kier alpha value is -3.40. The zero-order valence-corrected chi connectivity index (χ0v) is 17.4. The van der Waals surface area contributed by atoms with Crippen LogP contribution in [0.25, 0.3) is 21.7 Å². The molecule has 0 saturated carbocycles. The molecule has 0 aliphatic heterocycles. The van der Waals surface area contributed by atoms with Crippen molar-refractivity contribution in [3.8, 4) is 0 Å². The largest absolute Gasteiger partial charge is 0.464 e. The minimum atomic E-state index is -0.453. The number of furan rings is 1. The van der Waals surface area contributed by atoms with Crippen molar-refractivity contribution in [1.29, 1.82) is 0 Å². The highest BCUT2D eigenvalue weighted by Gasteiger charge is 2.17. The Kier molecular flexibility index (Phi) is 5.17. The second kappa shape index (κ2) is 7.79. The van der Waals surface area contributed by atoms with Crippen LogP contribution in [-0.4, -0.2) is 18.4 Å². The standard InChI is InChI=1S/C26H24O4/c1-26(2,3)20-11-8-18(9-12-20)22(27)16-30-24(28)14-19-15-29-23-13-10-17-6-4-5-7-21(17)25(19)23/h4-13,15H,14,16H2,1-3H3. The van der Waals surface area contributed by atoms with Crippen LogP contribution >= 0.6 is 0 Å². The van der Waals surface area contributed by atoms with Crippen molar-refractivity contribution in [3.63, 3.8) is 0 Å². The third-order valence-electron chi connectivity index (χ3n) is 5.31. The molecule has 4 nitrogen and oxygen atoms in total. The monoisotopic (exact) mass is 400 g/mol. The van der Waals surface area contributed by atoms with E-state index < -0.39 is 5.97 Å². The molecule has 4 heteroatoms. The van der Waals surface area contributed by atoms with E-state index in [2.05, 4.69) is 20.8 Å². The van der Waals surface area contributed by atoms with Gasteiger partial charge in [-0.2, -0.15) is 0 Å². The molecule has 0 aliphatic rings. The normalized spacial score (nSPS) is 11.7. The molecule has 1 aromatic heterocycles. The molecule has 0 saturated heterocycles. The zero-order chi connectivity index (χ0) is 21.3. The fourth-order valence-corrected chi connectivity index (χ4v) is 3.60. The number of ether oxygens (including phenoxy) is 1. The zero-order valence-electron chi connectivity index (χ0n) is 17.4. The van der Waals surface area contributed by atoms with Crippen LogP contribution in [0.5, 0.6) is 0 Å². The van der Waals surface area contributed by atoms with Crippen molar-refractivity contribution in [2.75, 3.05) is 6.61 Å². The van der Waals surface area contributed by atoms with E-state index in [-0.39, 0.29) is 24.2 Å². The van der Waals surface area contributed by atoms with E-state index in [4.69, 9.17) is 9.15 Å². The highest BCUT2D eigenvalue weighted by molar-refractivity contribution is 6.08. The summed E-state index contributed by atoms with van der Waals surface area (Å²) in [6, 6.07) is 19.3. The predicted octanol–water partition coefficient (Wildman–Crippen LogP) is 5.85. The van der Waals surface area contributed by atoms with Crippen LogP contribution in [0.2, 0.25) is 0 Å². The molecule has 0 radical (unpaired) electrons. The number of hydrogen-bond acceptors (Lipinski definition) is 4. The molecule has 0 fully saturated rings. The smallest absolute Gasteiger partial charge is 0.310 e. The quantitative estimate of drug-likeness (QED) is 0.311. The van der Waals surface area contributed by atoms with Gasteiger partial charge in [0.1, 0.15) is 5.58 Å². The van der Waals surface area contributed by atoms with Gasteiger partial charge in [0, 0.05) is 16.5 Å². The van der Waals surface area contributed by atoms with Crippen molar-refractivity contribution in [1.82, 2.24) is 0 Å². The van der Waals surface area contributed by atoms with Crippen LogP contribution in [0, 0.1) is 0 Å². The summed E-state index contributed by atoms with van der Waals surface area (Å²) in [5.41, 5.74) is 3.19. The van der Waals surface area contributed by atoms with E-state index in [1.165, 1.54) is 0 Å². The first-order chi connectivity index (χ1) is 14.3. The summed E-state index contributed by atoms with van der Waals surface area (Å²) in [4.78, 5) is 24.8. The van der Waals surface area contributed by atoms with Crippen LogP contribution in [-0.2, 0) is 21.4 Å². The van der Waals surface area contributed by atoms with Gasteiger partial charge in [-0.3, -0.25) is 9.59 Å². The van der Waals surface area contributed by atoms with Crippen LogP contribution in [0.15, 0.2) is 71.3 Å². The maximum atomic E-state index is 12.4. The van der Waals surface area contributed by atoms with E-state index in [0.717, 1.165) is 32.9 Å². The van der Waals surface area contributed by atoms with Crippen molar-refractivity contribution in [2.24, 2.45) is 0 Å². The van der Waals surface area contributed by atoms with Gasteiger partial charge < -0.3 is 9.15 Å². The van der Waals surface area contributed by atoms with Crippen molar-refractivity contribution in [3.05, 3.63) is 83.6 Å². The lowest BCUT2D eigenvalue weighted by atomic mass is 9.86. The van der Waals surface area contributed by atoms with Gasteiger partial charge in [0.2, 0.25) is 0 Å². The molecule has 4 aromatic rings. The van der Waals surface area contributed by atoms with E-state index in [1.54, 1.807) is 18.4 Å². The van der Waals surface area contributed by atoms with Crippen molar-refractivity contribution < 1.29 is 18.7 Å². The maximum absolute atomic E-state index is 12.4. The number of ketones is 1. The lowest BCUT2D eigenvalue weighted by Gasteiger charge is -2.18. The van der Waals surface area contributed by atoms with Crippen LogP contribution in [0.1, 0.15) is 42.3 Å². The molecule has 0 spiro atoms. The summed E-state index contributed by atoms with van der Waals surface area (Å²) in [6.07, 6.45) is 1.64. The van der Waals surface area contributed by atoms with Gasteiger partial charge in [0.15, 0.2) is 12.4 Å². The van der Waals surface area contributed by atoms with Gasteiger partial charge in [0.05, 0.1) is 12.7 Å². The van der Waals surface area contributed by atoms with Gasteiger partial charge in [-0.05, 0) is 27.8 Å². The first-order valence-corrected chi connectivity index (χ1v) is 10.00. The molecular formula is C26H24O4. The minimum Gasteiger partial charge on any atom is -0.464 e. The van der Waals surface area contributed by atoms with E-state index in [0.29, 0.717) is 5.56 Å². The molecule has 152 valence electrons. The number of fused-ring (bicyclic) bond motifs is 3. The molecule has 0 unspecified atom stereocenters. The van der Waals surface area contributed by atoms with Gasteiger partial charge in [-0.25, -0.2) is 0 Å². The van der Waals surface area contributed by atoms with Gasteiger partial charge >= 0.3 is 5.97 Å². The number of carbonyl (C=O) groups is 2. The summed E-state index contributed by atoms with van der Waals surface area (Å²) in [7, 11) is 0. The van der Waals surface area contributed by atoms with E-state index in [9.17, 15) is 9.59 Å². The Morgan fingerprint density at radius 1 is 0.933 bits per heavy atom. The number of hydrogen-bond donors (Lipinski definition) is 0. The van der Waals surface area contributed by atoms with Crippen LogP contribution < -0.4 is 0 Å². The third kappa shape index (κ3) is 3.99. The number of Topliss-reactive ketones (excluding diaryl/α,β-unsaturated/α-hetero) is 1. The molecule has 0 bridgehead atoms. The topological polar surface area (TPSA) is 56.5 Å². The first kappa shape index (κ1) is 19.9. The SMILES string of the molecule is CC(C)(C)c1ccc(C(=O)COC(=O)Cc2coc3ccc4ccccc4c23)cc1. The molecule has 30 heavy (non-hydrogen) atoms. The predicted molar refractivity (Wildman–Crippen MR) is 118 cm³/mol. The summed E-state index contributed by atoms with van der Waals surface area (Å²) >= 11 is 0. The molecule has 0 N–H and O–H groups in total. The van der Waals surface area contributed by atoms with Crippen molar-refractivity contribution >= 4 is 33.5 Å². The van der Waals surface area contributed by atoms with Crippen LogP contribution in [0.3, 0.4) is 0 Å². The summed E-state index contributed by atoms with van der Waals surface area (Å²) in [5.74, 6) is -0.670. The second-order valence-corrected chi connectivity index (χ2v) is 8.51. The van der Waals surface area contributed by atoms with Gasteiger partial charge in [-0.15, -0.1) is 0 Å².